The summed E-state index contributed by atoms with van der Waals surface area (Å²) in [7, 11) is 0. The number of hydrogen-bond donors (Lipinski definition) is 0. The summed E-state index contributed by atoms with van der Waals surface area (Å²) < 4.78 is 5.89. The van der Waals surface area contributed by atoms with Gasteiger partial charge in [0.15, 0.2) is 5.78 Å². The lowest BCUT2D eigenvalue weighted by molar-refractivity contribution is 0.0925. The van der Waals surface area contributed by atoms with Crippen molar-refractivity contribution in [2.75, 3.05) is 4.90 Å². The van der Waals surface area contributed by atoms with Crippen LogP contribution < -0.4 is 9.64 Å². The summed E-state index contributed by atoms with van der Waals surface area (Å²) >= 11 is 0. The minimum atomic E-state index is -0.411. The van der Waals surface area contributed by atoms with Crippen LogP contribution in [0.1, 0.15) is 49.1 Å². The minimum Gasteiger partial charge on any atom is -0.457 e. The van der Waals surface area contributed by atoms with Gasteiger partial charge in [-0.2, -0.15) is 0 Å². The lowest BCUT2D eigenvalue weighted by Gasteiger charge is -2.14. The highest BCUT2D eigenvalue weighted by Gasteiger charge is 2.37. The van der Waals surface area contributed by atoms with Crippen molar-refractivity contribution in [1.82, 2.24) is 0 Å². The minimum absolute atomic E-state index is 0.0768. The SMILES string of the molecule is CC(=O)c1ccc(N2C(=O)c3ccc(Oc4ccc(C)c(C)c4)cc3C2=O)cc1. The molecule has 2 amide bonds. The quantitative estimate of drug-likeness (QED) is 0.463. The Kier molecular flexibility index (Phi) is 4.51. The number of aryl methyl sites for hydroxylation is 2. The molecule has 0 atom stereocenters. The third-order valence-corrected chi connectivity index (χ3v) is 5.10. The molecule has 0 aromatic heterocycles. The number of hydrogen-bond acceptors (Lipinski definition) is 4. The van der Waals surface area contributed by atoms with Crippen molar-refractivity contribution < 1.29 is 19.1 Å². The van der Waals surface area contributed by atoms with Gasteiger partial charge in [0.05, 0.1) is 16.8 Å². The van der Waals surface area contributed by atoms with E-state index in [0.717, 1.165) is 10.5 Å². The van der Waals surface area contributed by atoms with Gasteiger partial charge in [-0.25, -0.2) is 4.90 Å². The standard InChI is InChI=1S/C24H19NO4/c1-14-4-9-19(12-15(14)2)29-20-10-11-21-22(13-20)24(28)25(23(21)27)18-7-5-17(6-8-18)16(3)26/h4-13H,1-3H3. The molecule has 0 radical (unpaired) electrons. The predicted octanol–water partition coefficient (Wildman–Crippen LogP) is 5.10. The van der Waals surface area contributed by atoms with E-state index in [1.54, 1.807) is 42.5 Å². The molecule has 3 aromatic rings. The molecule has 0 spiro atoms. The molecule has 0 N–H and O–H groups in total. The molecule has 29 heavy (non-hydrogen) atoms. The van der Waals surface area contributed by atoms with Crippen molar-refractivity contribution >= 4 is 23.3 Å². The average molecular weight is 385 g/mol. The van der Waals surface area contributed by atoms with E-state index in [-0.39, 0.29) is 5.78 Å². The summed E-state index contributed by atoms with van der Waals surface area (Å²) in [5.41, 5.74) is 3.85. The van der Waals surface area contributed by atoms with E-state index < -0.39 is 11.8 Å². The van der Waals surface area contributed by atoms with Crippen LogP contribution in [0.4, 0.5) is 5.69 Å². The molecule has 1 heterocycles. The Hall–Kier alpha value is -3.73. The summed E-state index contributed by atoms with van der Waals surface area (Å²) in [5.74, 6) is 0.278. The molecule has 0 fully saturated rings. The molecule has 0 bridgehead atoms. The summed E-state index contributed by atoms with van der Waals surface area (Å²) in [6.45, 7) is 5.49. The number of benzene rings is 3. The van der Waals surface area contributed by atoms with E-state index in [1.807, 2.05) is 32.0 Å². The number of rotatable bonds is 4. The molecule has 5 nitrogen and oxygen atoms in total. The third kappa shape index (κ3) is 3.31. The normalized spacial score (nSPS) is 12.9. The molecule has 0 saturated carbocycles. The van der Waals surface area contributed by atoms with Gasteiger partial charge >= 0.3 is 0 Å². The molecule has 1 aliphatic rings. The number of carbonyl (C=O) groups is 3. The number of ketones is 1. The monoisotopic (exact) mass is 385 g/mol. The zero-order valence-corrected chi connectivity index (χ0v) is 16.4. The molecule has 1 aliphatic heterocycles. The first-order valence-corrected chi connectivity index (χ1v) is 9.24. The largest absolute Gasteiger partial charge is 0.457 e. The van der Waals surface area contributed by atoms with Crippen molar-refractivity contribution in [3.8, 4) is 11.5 Å². The van der Waals surface area contributed by atoms with Gasteiger partial charge in [0.1, 0.15) is 11.5 Å². The van der Waals surface area contributed by atoms with Crippen LogP contribution in [0.5, 0.6) is 11.5 Å². The Labute approximate surface area is 168 Å². The van der Waals surface area contributed by atoms with Gasteiger partial charge in [0.25, 0.3) is 11.8 Å². The summed E-state index contributed by atoms with van der Waals surface area (Å²) in [6, 6.07) is 17.1. The smallest absolute Gasteiger partial charge is 0.266 e. The highest BCUT2D eigenvalue weighted by molar-refractivity contribution is 6.34. The first-order chi connectivity index (χ1) is 13.8. The molecule has 4 rings (SSSR count). The van der Waals surface area contributed by atoms with Gasteiger partial charge in [-0.05, 0) is 86.5 Å². The van der Waals surface area contributed by atoms with Crippen LogP contribution in [0, 0.1) is 13.8 Å². The maximum absolute atomic E-state index is 12.9. The fourth-order valence-electron chi connectivity index (χ4n) is 3.28. The number of Topliss-reactive ketones (excluding diaryl/α,β-unsaturated/α-hetero) is 1. The lowest BCUT2D eigenvalue weighted by Crippen LogP contribution is -2.29. The molecule has 5 heteroatoms. The Balaban J connectivity index is 1.63. The molecule has 0 unspecified atom stereocenters. The average Bonchev–Trinajstić information content (AvgIpc) is 2.95. The van der Waals surface area contributed by atoms with Crippen molar-refractivity contribution in [1.29, 1.82) is 0 Å². The summed E-state index contributed by atoms with van der Waals surface area (Å²) in [6.07, 6.45) is 0. The molecule has 3 aromatic carbocycles. The van der Waals surface area contributed by atoms with E-state index in [9.17, 15) is 14.4 Å². The Morgan fingerprint density at radius 3 is 2.03 bits per heavy atom. The number of fused-ring (bicyclic) bond motifs is 1. The number of anilines is 1. The van der Waals surface area contributed by atoms with E-state index in [0.29, 0.717) is 33.9 Å². The number of nitrogens with zero attached hydrogens (tertiary/aromatic N) is 1. The van der Waals surface area contributed by atoms with E-state index in [4.69, 9.17) is 4.74 Å². The number of amides is 2. The predicted molar refractivity (Wildman–Crippen MR) is 110 cm³/mol. The molecule has 0 aliphatic carbocycles. The molecular formula is C24H19NO4. The van der Waals surface area contributed by atoms with E-state index in [1.165, 1.54) is 12.5 Å². The zero-order chi connectivity index (χ0) is 20.7. The first kappa shape index (κ1) is 18.6. The fourth-order valence-corrected chi connectivity index (χ4v) is 3.28. The number of carbonyl (C=O) groups excluding carboxylic acids is 3. The van der Waals surface area contributed by atoms with Crippen LogP contribution in [0.2, 0.25) is 0 Å². The van der Waals surface area contributed by atoms with Crippen LogP contribution in [-0.2, 0) is 0 Å². The zero-order valence-electron chi connectivity index (χ0n) is 16.4. The summed E-state index contributed by atoms with van der Waals surface area (Å²) in [4.78, 5) is 38.3. The highest BCUT2D eigenvalue weighted by atomic mass is 16.5. The van der Waals surface area contributed by atoms with Gasteiger partial charge in [-0.3, -0.25) is 14.4 Å². The first-order valence-electron chi connectivity index (χ1n) is 9.24. The Morgan fingerprint density at radius 1 is 0.759 bits per heavy atom. The van der Waals surface area contributed by atoms with Crippen molar-refractivity contribution in [2.24, 2.45) is 0 Å². The molecule has 0 saturated heterocycles. The Bertz CT molecular complexity index is 1160. The van der Waals surface area contributed by atoms with Crippen molar-refractivity contribution in [3.63, 3.8) is 0 Å². The maximum Gasteiger partial charge on any atom is 0.266 e. The summed E-state index contributed by atoms with van der Waals surface area (Å²) in [5, 5.41) is 0. The van der Waals surface area contributed by atoms with Crippen LogP contribution in [0.15, 0.2) is 60.7 Å². The van der Waals surface area contributed by atoms with Gasteiger partial charge in [-0.15, -0.1) is 0 Å². The van der Waals surface area contributed by atoms with E-state index >= 15 is 0 Å². The third-order valence-electron chi connectivity index (χ3n) is 5.10. The topological polar surface area (TPSA) is 63.7 Å². The lowest BCUT2D eigenvalue weighted by atomic mass is 10.1. The van der Waals surface area contributed by atoms with Gasteiger partial charge in [0, 0.05) is 5.56 Å². The van der Waals surface area contributed by atoms with Crippen LogP contribution in [0.25, 0.3) is 0 Å². The van der Waals surface area contributed by atoms with Crippen LogP contribution >= 0.6 is 0 Å². The fraction of sp³-hybridized carbons (Fsp3) is 0.125. The maximum atomic E-state index is 12.9. The Morgan fingerprint density at radius 2 is 1.38 bits per heavy atom. The molecular weight excluding hydrogens is 366 g/mol. The second-order valence-corrected chi connectivity index (χ2v) is 7.10. The number of ether oxygens (including phenoxy) is 1. The van der Waals surface area contributed by atoms with Crippen LogP contribution in [0.3, 0.4) is 0 Å². The van der Waals surface area contributed by atoms with Gasteiger partial charge < -0.3 is 4.74 Å². The van der Waals surface area contributed by atoms with E-state index in [2.05, 4.69) is 0 Å². The van der Waals surface area contributed by atoms with Crippen molar-refractivity contribution in [2.45, 2.75) is 20.8 Å². The van der Waals surface area contributed by atoms with Crippen molar-refractivity contribution in [3.05, 3.63) is 88.5 Å². The highest BCUT2D eigenvalue weighted by Crippen LogP contribution is 2.32. The molecule has 144 valence electrons. The van der Waals surface area contributed by atoms with Gasteiger partial charge in [0.2, 0.25) is 0 Å². The second kappa shape index (κ2) is 7.02. The van der Waals surface area contributed by atoms with Gasteiger partial charge in [-0.1, -0.05) is 6.07 Å². The second-order valence-electron chi connectivity index (χ2n) is 7.10. The van der Waals surface area contributed by atoms with Crippen LogP contribution in [-0.4, -0.2) is 17.6 Å². The number of imide groups is 1.